The monoisotopic (exact) mass is 988 g/mol. The number of primary amides is 1. The average molecular weight is 989 g/mol. The number of aliphatic hydroxyl groups is 1. The fourth-order valence-electron chi connectivity index (χ4n) is 7.93. The summed E-state index contributed by atoms with van der Waals surface area (Å²) in [6.45, 7) is 2.03. The number of fused-ring (bicyclic) bond motifs is 2. The summed E-state index contributed by atoms with van der Waals surface area (Å²) >= 11 is 1.31. The van der Waals surface area contributed by atoms with Crippen molar-refractivity contribution in [2.75, 3.05) is 52.1 Å². The van der Waals surface area contributed by atoms with Gasteiger partial charge in [-0.1, -0.05) is 33.1 Å². The number of carbonyl (C=O) groups excluding carboxylic acids is 9. The van der Waals surface area contributed by atoms with Crippen LogP contribution in [0.5, 0.6) is 5.75 Å². The summed E-state index contributed by atoms with van der Waals surface area (Å²) in [6, 6.07) is -0.873. The molecule has 0 bridgehead atoms. The maximum atomic E-state index is 14.6. The number of aromatic nitrogens is 1. The first-order valence-corrected chi connectivity index (χ1v) is 24.4. The number of alkyl carbamates (subject to hydrolysis) is 1. The first-order valence-electron chi connectivity index (χ1n) is 23.2. The zero-order chi connectivity index (χ0) is 50.6. The maximum absolute atomic E-state index is 14.6. The van der Waals surface area contributed by atoms with E-state index >= 15 is 0 Å². The van der Waals surface area contributed by atoms with Crippen molar-refractivity contribution in [1.29, 1.82) is 0 Å². The highest BCUT2D eigenvalue weighted by molar-refractivity contribution is 7.98. The van der Waals surface area contributed by atoms with Crippen LogP contribution >= 0.6 is 11.8 Å². The SMILES string of the molecule is CCC(C)C1NC(=O)CNC(=O)C(Cc2c(SC)[nH]c3cc(O)ccc23)NC(=O)C(CC(O)COC(=O)NCCCCCCN)NC2CCCN2C(=O)C(CC(N)=O)NC(=O)CNC(=O)CNC1=O. The quantitative estimate of drug-likeness (QED) is 0.0590. The van der Waals surface area contributed by atoms with E-state index in [-0.39, 0.29) is 25.1 Å². The molecule has 4 rings (SSSR count). The number of aromatic amines is 1. The van der Waals surface area contributed by atoms with Crippen LogP contribution in [0.25, 0.3) is 10.9 Å². The molecular formula is C44H68N12O12S. The molecule has 2 aliphatic heterocycles. The Labute approximate surface area is 404 Å². The molecule has 0 spiro atoms. The lowest BCUT2D eigenvalue weighted by atomic mass is 9.98. The van der Waals surface area contributed by atoms with Crippen molar-refractivity contribution < 1.29 is 58.1 Å². The third kappa shape index (κ3) is 17.4. The number of thioether (sulfide) groups is 1. The van der Waals surface area contributed by atoms with Crippen LogP contribution < -0.4 is 54.0 Å². The minimum absolute atomic E-state index is 0.0213. The Morgan fingerprint density at radius 2 is 1.59 bits per heavy atom. The predicted molar refractivity (Wildman–Crippen MR) is 253 cm³/mol. The maximum Gasteiger partial charge on any atom is 0.407 e. The Balaban J connectivity index is 1.71. The zero-order valence-electron chi connectivity index (χ0n) is 39.3. The van der Waals surface area contributed by atoms with Gasteiger partial charge in [0.15, 0.2) is 0 Å². The number of unbranched alkanes of at least 4 members (excludes halogenated alkanes) is 3. The molecular weight excluding hydrogens is 921 g/mol. The molecule has 69 heavy (non-hydrogen) atoms. The average Bonchev–Trinajstić information content (AvgIpc) is 3.93. The molecule has 0 aliphatic carbocycles. The topological polar surface area (TPSA) is 371 Å². The number of nitrogens with zero attached hydrogens (tertiary/aromatic N) is 1. The van der Waals surface area contributed by atoms with Gasteiger partial charge >= 0.3 is 6.09 Å². The number of amides is 9. The molecule has 2 aliphatic rings. The number of rotatable bonds is 17. The normalized spacial score (nSPS) is 22.5. The molecule has 3 heterocycles. The molecule has 0 saturated carbocycles. The summed E-state index contributed by atoms with van der Waals surface area (Å²) < 4.78 is 5.26. The number of phenols is 1. The summed E-state index contributed by atoms with van der Waals surface area (Å²) in [5, 5.41) is 43.5. The molecule has 382 valence electrons. The van der Waals surface area contributed by atoms with Crippen molar-refractivity contribution >= 4 is 76.0 Å². The number of benzene rings is 1. The van der Waals surface area contributed by atoms with E-state index < -0.39 is 135 Å². The van der Waals surface area contributed by atoms with Crippen LogP contribution in [0.1, 0.15) is 77.2 Å². The van der Waals surface area contributed by atoms with Gasteiger partial charge in [0, 0.05) is 37.4 Å². The first kappa shape index (κ1) is 55.4. The lowest BCUT2D eigenvalue weighted by molar-refractivity contribution is -0.140. The van der Waals surface area contributed by atoms with Crippen molar-refractivity contribution in [2.24, 2.45) is 17.4 Å². The van der Waals surface area contributed by atoms with E-state index in [2.05, 4.69) is 47.5 Å². The number of nitrogens with one attached hydrogen (secondary N) is 9. The second-order valence-corrected chi connectivity index (χ2v) is 17.9. The van der Waals surface area contributed by atoms with Crippen LogP contribution in [-0.4, -0.2) is 162 Å². The smallest absolute Gasteiger partial charge is 0.407 e. The highest BCUT2D eigenvalue weighted by atomic mass is 32.2. The van der Waals surface area contributed by atoms with Crippen molar-refractivity contribution in [3.05, 3.63) is 23.8 Å². The van der Waals surface area contributed by atoms with Gasteiger partial charge in [-0.3, -0.25) is 43.7 Å². The lowest BCUT2D eigenvalue weighted by Gasteiger charge is -2.33. The van der Waals surface area contributed by atoms with Crippen LogP contribution in [0.2, 0.25) is 0 Å². The first-order chi connectivity index (χ1) is 32.9. The van der Waals surface area contributed by atoms with Crippen LogP contribution in [0.15, 0.2) is 23.2 Å². The van der Waals surface area contributed by atoms with Crippen LogP contribution in [0, 0.1) is 5.92 Å². The molecule has 15 N–H and O–H groups in total. The zero-order valence-corrected chi connectivity index (χ0v) is 40.1. The Morgan fingerprint density at radius 3 is 2.30 bits per heavy atom. The van der Waals surface area contributed by atoms with E-state index in [4.69, 9.17) is 16.2 Å². The number of carbonyl (C=O) groups is 9. The Hall–Kier alpha value is -6.18. The number of H-pyrrole nitrogens is 1. The molecule has 7 atom stereocenters. The Bertz CT molecular complexity index is 2140. The Kier molecular flexibility index (Phi) is 22.3. The van der Waals surface area contributed by atoms with Gasteiger partial charge in [0.2, 0.25) is 47.3 Å². The van der Waals surface area contributed by atoms with E-state index in [9.17, 15) is 53.4 Å². The number of ether oxygens (including phenoxy) is 1. The Morgan fingerprint density at radius 1 is 0.899 bits per heavy atom. The lowest BCUT2D eigenvalue weighted by Crippen LogP contribution is -2.60. The van der Waals surface area contributed by atoms with Crippen molar-refractivity contribution in [3.63, 3.8) is 0 Å². The largest absolute Gasteiger partial charge is 0.508 e. The van der Waals surface area contributed by atoms with E-state index in [0.717, 1.165) is 19.3 Å². The fraction of sp³-hybridized carbons (Fsp3) is 0.614. The van der Waals surface area contributed by atoms with Crippen molar-refractivity contribution in [2.45, 2.75) is 120 Å². The number of aromatic hydroxyl groups is 1. The van der Waals surface area contributed by atoms with E-state index in [1.165, 1.54) is 28.8 Å². The highest BCUT2D eigenvalue weighted by Crippen LogP contribution is 2.32. The number of nitrogens with two attached hydrogens (primary N) is 2. The summed E-state index contributed by atoms with van der Waals surface area (Å²) in [4.78, 5) is 125. The number of hydrogen-bond donors (Lipinski definition) is 13. The highest BCUT2D eigenvalue weighted by Gasteiger charge is 2.38. The minimum Gasteiger partial charge on any atom is -0.508 e. The number of aliphatic hydroxyl groups excluding tert-OH is 1. The standard InChI is InChI=1S/C44H68N12O12S/c1-4-24(2)38-41(65)50-20-35(60)48-21-36(61)52-32(19-33(46)59)43(66)56-15-9-10-34(56)51-30(17-26(58)23-68-44(67)47-14-8-6-5-7-13-45)40(64)53-31(39(63)49-22-37(62)55-38)18-28-27-12-11-25(57)16-29(27)54-42(28)69-3/h11-12,16,24,26,30-32,34,38,51,54,57-58H,4-10,13-15,17-23,45H2,1-3H3,(H2,46,59)(H,47,67)(H,48,60)(H,49,63)(H,50,65)(H,52,61)(H,53,64)(H,55,62). The summed E-state index contributed by atoms with van der Waals surface area (Å²) in [5.41, 5.74) is 12.1. The molecule has 24 nitrogen and oxygen atoms in total. The molecule has 1 aromatic heterocycles. The van der Waals surface area contributed by atoms with Crippen LogP contribution in [0.3, 0.4) is 0 Å². The minimum atomic E-state index is -1.50. The summed E-state index contributed by atoms with van der Waals surface area (Å²) in [6.07, 6.45) is 1.71. The van der Waals surface area contributed by atoms with Crippen LogP contribution in [-0.2, 0) is 49.5 Å². The third-order valence-corrected chi connectivity index (χ3v) is 12.6. The molecule has 0 radical (unpaired) electrons. The summed E-state index contributed by atoms with van der Waals surface area (Å²) in [5.74, 6) is -6.95. The van der Waals surface area contributed by atoms with Gasteiger partial charge in [-0.05, 0) is 62.1 Å². The number of hydrogen-bond acceptors (Lipinski definition) is 15. The molecule has 2 fully saturated rings. The molecule has 7 unspecified atom stereocenters. The van der Waals surface area contributed by atoms with E-state index in [0.29, 0.717) is 53.8 Å². The van der Waals surface area contributed by atoms with E-state index in [1.54, 1.807) is 26.2 Å². The van der Waals surface area contributed by atoms with Gasteiger partial charge in [0.05, 0.1) is 54.9 Å². The molecule has 9 amide bonds. The molecule has 25 heteroatoms. The van der Waals surface area contributed by atoms with Crippen LogP contribution in [0.4, 0.5) is 4.79 Å². The van der Waals surface area contributed by atoms with Gasteiger partial charge in [-0.2, -0.15) is 0 Å². The van der Waals surface area contributed by atoms with Gasteiger partial charge in [-0.15, -0.1) is 11.8 Å². The molecule has 2 aromatic rings. The van der Waals surface area contributed by atoms with Gasteiger partial charge < -0.3 is 73.5 Å². The van der Waals surface area contributed by atoms with Crippen molar-refractivity contribution in [1.82, 2.24) is 52.4 Å². The number of phenolic OH excluding ortho intramolecular Hbond substituents is 1. The van der Waals surface area contributed by atoms with Gasteiger partial charge in [0.25, 0.3) is 0 Å². The predicted octanol–water partition coefficient (Wildman–Crippen LogP) is -2.22. The second kappa shape index (κ2) is 27.7. The van der Waals surface area contributed by atoms with Gasteiger partial charge in [0.1, 0.15) is 30.5 Å². The molecule has 1 aromatic carbocycles. The summed E-state index contributed by atoms with van der Waals surface area (Å²) in [7, 11) is 0. The van der Waals surface area contributed by atoms with E-state index in [1.807, 2.05) is 0 Å². The molecule has 2 saturated heterocycles. The second-order valence-electron chi connectivity index (χ2n) is 17.1. The third-order valence-electron chi connectivity index (χ3n) is 11.8. The fourth-order valence-corrected chi connectivity index (χ4v) is 8.58. The van der Waals surface area contributed by atoms with Crippen molar-refractivity contribution in [3.8, 4) is 5.75 Å². The van der Waals surface area contributed by atoms with Gasteiger partial charge in [-0.25, -0.2) is 4.79 Å².